The molecule has 0 radical (unpaired) electrons. The second kappa shape index (κ2) is 9.05. The van der Waals surface area contributed by atoms with Crippen LogP contribution in [0.1, 0.15) is 16.7 Å². The molecule has 0 aliphatic rings. The molecule has 3 nitrogen and oxygen atoms in total. The quantitative estimate of drug-likeness (QED) is 0.193. The molecule has 48 heavy (non-hydrogen) atoms. The summed E-state index contributed by atoms with van der Waals surface area (Å²) in [6, 6.07) is 49.9. The molecule has 0 bridgehead atoms. The van der Waals surface area contributed by atoms with Crippen molar-refractivity contribution in [3.8, 4) is 0 Å². The third kappa shape index (κ3) is 3.23. The van der Waals surface area contributed by atoms with E-state index in [1.54, 1.807) is 0 Å². The first-order chi connectivity index (χ1) is 23.5. The van der Waals surface area contributed by atoms with Crippen molar-refractivity contribution in [2.75, 3.05) is 4.90 Å². The number of rotatable bonds is 3. The van der Waals surface area contributed by atoms with Crippen molar-refractivity contribution in [3.05, 3.63) is 150 Å². The largest absolute Gasteiger partial charge is 0.310 e. The molecule has 0 saturated carbocycles. The number of aromatic nitrogens is 2. The zero-order valence-corrected chi connectivity index (χ0v) is 27.0. The Bertz CT molecular complexity index is 3080. The van der Waals surface area contributed by atoms with Crippen LogP contribution < -0.4 is 4.90 Å². The fourth-order valence-electron chi connectivity index (χ4n) is 8.85. The average Bonchev–Trinajstić information content (AvgIpc) is 3.81. The first-order valence-electron chi connectivity index (χ1n) is 16.8. The lowest BCUT2D eigenvalue weighted by Crippen LogP contribution is -2.11. The summed E-state index contributed by atoms with van der Waals surface area (Å²) in [5.74, 6) is 0. The van der Waals surface area contributed by atoms with Gasteiger partial charge in [-0.25, -0.2) is 0 Å². The molecule has 11 rings (SSSR count). The van der Waals surface area contributed by atoms with Gasteiger partial charge in [0.15, 0.2) is 0 Å². The number of nitrogens with zero attached hydrogens (tertiary/aromatic N) is 3. The molecule has 7 aromatic carbocycles. The van der Waals surface area contributed by atoms with Crippen LogP contribution in [0.25, 0.3) is 76.2 Å². The van der Waals surface area contributed by atoms with Crippen molar-refractivity contribution in [1.29, 1.82) is 0 Å². The first kappa shape index (κ1) is 26.1. The van der Waals surface area contributed by atoms with E-state index >= 15 is 0 Å². The van der Waals surface area contributed by atoms with Crippen LogP contribution in [-0.4, -0.2) is 8.80 Å². The Balaban J connectivity index is 1.26. The SMILES string of the molecule is Cc1cc(C)cc(N(c2ccc3c4cccc5c6cc7c(cc6n(c3c2)c45)c2cccc3c4ccccc4n7c32)c2ccccc2C)c1. The lowest BCUT2D eigenvalue weighted by molar-refractivity contribution is 1.23. The van der Waals surface area contributed by atoms with Crippen LogP contribution in [0.2, 0.25) is 0 Å². The molecule has 0 aliphatic carbocycles. The summed E-state index contributed by atoms with van der Waals surface area (Å²) < 4.78 is 5.02. The smallest absolute Gasteiger partial charge is 0.0620 e. The highest BCUT2D eigenvalue weighted by molar-refractivity contribution is 6.29. The van der Waals surface area contributed by atoms with Gasteiger partial charge in [-0.3, -0.25) is 0 Å². The van der Waals surface area contributed by atoms with Gasteiger partial charge in [0.1, 0.15) is 0 Å². The van der Waals surface area contributed by atoms with Crippen molar-refractivity contribution >= 4 is 93.3 Å². The summed E-state index contributed by atoms with van der Waals surface area (Å²) in [5, 5.41) is 10.4. The molecule has 0 N–H and O–H groups in total. The molecule has 0 unspecified atom stereocenters. The zero-order valence-electron chi connectivity index (χ0n) is 27.0. The van der Waals surface area contributed by atoms with Crippen LogP contribution in [-0.2, 0) is 0 Å². The minimum atomic E-state index is 1.16. The van der Waals surface area contributed by atoms with E-state index in [4.69, 9.17) is 0 Å². The Kier molecular flexibility index (Phi) is 4.91. The molecular weight excluding hydrogens is 583 g/mol. The fourth-order valence-corrected chi connectivity index (χ4v) is 8.85. The number of hydrogen-bond acceptors (Lipinski definition) is 1. The molecule has 0 spiro atoms. The van der Waals surface area contributed by atoms with Crippen LogP contribution >= 0.6 is 0 Å². The highest BCUT2D eigenvalue weighted by Crippen LogP contribution is 2.46. The predicted octanol–water partition coefficient (Wildman–Crippen LogP) is 12.4. The Morgan fingerprint density at radius 2 is 0.896 bits per heavy atom. The van der Waals surface area contributed by atoms with E-state index in [1.165, 1.54) is 104 Å². The highest BCUT2D eigenvalue weighted by atomic mass is 15.1. The monoisotopic (exact) mass is 613 g/mol. The van der Waals surface area contributed by atoms with Crippen molar-refractivity contribution in [1.82, 2.24) is 8.80 Å². The second-order valence-electron chi connectivity index (χ2n) is 13.6. The number of fused-ring (bicyclic) bond motifs is 12. The van der Waals surface area contributed by atoms with Gasteiger partial charge in [-0.1, -0.05) is 84.9 Å². The van der Waals surface area contributed by atoms with E-state index in [0.29, 0.717) is 0 Å². The van der Waals surface area contributed by atoms with Crippen LogP contribution in [0.15, 0.2) is 133 Å². The Morgan fingerprint density at radius 1 is 0.375 bits per heavy atom. The molecule has 4 aromatic heterocycles. The normalized spacial score (nSPS) is 12.5. The van der Waals surface area contributed by atoms with Gasteiger partial charge >= 0.3 is 0 Å². The third-order valence-corrected chi connectivity index (χ3v) is 10.7. The average molecular weight is 614 g/mol. The van der Waals surface area contributed by atoms with Gasteiger partial charge in [-0.2, -0.15) is 0 Å². The molecule has 0 saturated heterocycles. The van der Waals surface area contributed by atoms with E-state index in [1.807, 2.05) is 0 Å². The molecule has 11 aromatic rings. The maximum absolute atomic E-state index is 2.53. The molecule has 226 valence electrons. The van der Waals surface area contributed by atoms with Crippen LogP contribution in [0.5, 0.6) is 0 Å². The van der Waals surface area contributed by atoms with E-state index in [0.717, 1.165) is 5.69 Å². The number of anilines is 3. The van der Waals surface area contributed by atoms with Crippen LogP contribution in [0.4, 0.5) is 17.1 Å². The highest BCUT2D eigenvalue weighted by Gasteiger charge is 2.23. The Morgan fingerprint density at radius 3 is 1.56 bits per heavy atom. The van der Waals surface area contributed by atoms with Crippen molar-refractivity contribution in [3.63, 3.8) is 0 Å². The lowest BCUT2D eigenvalue weighted by Gasteiger charge is -2.28. The predicted molar refractivity (Wildman–Crippen MR) is 205 cm³/mol. The molecule has 3 heteroatoms. The van der Waals surface area contributed by atoms with E-state index in [-0.39, 0.29) is 0 Å². The van der Waals surface area contributed by atoms with Crippen molar-refractivity contribution in [2.45, 2.75) is 20.8 Å². The minimum absolute atomic E-state index is 1.16. The summed E-state index contributed by atoms with van der Waals surface area (Å²) >= 11 is 0. The molecule has 4 heterocycles. The number of benzene rings is 7. The summed E-state index contributed by atoms with van der Waals surface area (Å²) in [6.07, 6.45) is 0. The van der Waals surface area contributed by atoms with Gasteiger partial charge in [0.05, 0.1) is 33.1 Å². The number of para-hydroxylation sites is 4. The van der Waals surface area contributed by atoms with E-state index in [9.17, 15) is 0 Å². The first-order valence-corrected chi connectivity index (χ1v) is 16.8. The molecule has 0 aliphatic heterocycles. The van der Waals surface area contributed by atoms with Crippen molar-refractivity contribution in [2.24, 2.45) is 0 Å². The maximum Gasteiger partial charge on any atom is 0.0620 e. The van der Waals surface area contributed by atoms with E-state index < -0.39 is 0 Å². The molecule has 0 amide bonds. The number of aryl methyl sites for hydroxylation is 3. The zero-order chi connectivity index (χ0) is 31.8. The second-order valence-corrected chi connectivity index (χ2v) is 13.6. The number of hydrogen-bond donors (Lipinski definition) is 0. The summed E-state index contributed by atoms with van der Waals surface area (Å²) in [4.78, 5) is 2.43. The van der Waals surface area contributed by atoms with Gasteiger partial charge in [0.25, 0.3) is 0 Å². The molecule has 0 fully saturated rings. The van der Waals surface area contributed by atoms with Crippen molar-refractivity contribution < 1.29 is 0 Å². The fraction of sp³-hybridized carbons (Fsp3) is 0.0667. The Hall–Kier alpha value is -6.06. The van der Waals surface area contributed by atoms with Gasteiger partial charge in [-0.15, -0.1) is 0 Å². The van der Waals surface area contributed by atoms with E-state index in [2.05, 4.69) is 168 Å². The summed E-state index contributed by atoms with van der Waals surface area (Å²) in [6.45, 7) is 6.58. The van der Waals surface area contributed by atoms with Gasteiger partial charge in [0, 0.05) is 60.2 Å². The Labute approximate surface area is 277 Å². The van der Waals surface area contributed by atoms with Crippen LogP contribution in [0.3, 0.4) is 0 Å². The molecule has 0 atom stereocenters. The minimum Gasteiger partial charge on any atom is -0.310 e. The summed E-state index contributed by atoms with van der Waals surface area (Å²) in [7, 11) is 0. The van der Waals surface area contributed by atoms with Gasteiger partial charge in [-0.05, 0) is 86.0 Å². The summed E-state index contributed by atoms with van der Waals surface area (Å²) in [5.41, 5.74) is 15.0. The topological polar surface area (TPSA) is 12.1 Å². The van der Waals surface area contributed by atoms with Gasteiger partial charge in [0.2, 0.25) is 0 Å². The lowest BCUT2D eigenvalue weighted by atomic mass is 10.0. The third-order valence-electron chi connectivity index (χ3n) is 10.7. The maximum atomic E-state index is 2.53. The standard InChI is InChI=1S/C45H31N3/c1-26-20-27(2)22-30(21-26)46(39-16-6-4-10-28(39)3)29-18-19-32-34-13-9-15-36-38-24-42-37(25-43(38)48(45(34)36)41(32)23-29)35-14-8-12-33-31-11-5-7-17-40(31)47(42)44(33)35/h4-25H,1-3H3. The van der Waals surface area contributed by atoms with Gasteiger partial charge < -0.3 is 13.7 Å². The van der Waals surface area contributed by atoms with Crippen LogP contribution in [0, 0.1) is 20.8 Å². The molecular formula is C45H31N3.